The van der Waals surface area contributed by atoms with Gasteiger partial charge in [0.05, 0.1) is 0 Å². The Labute approximate surface area is 135 Å². The molecule has 0 aromatic heterocycles. The zero-order valence-electron chi connectivity index (χ0n) is 13.2. The Morgan fingerprint density at radius 1 is 1.50 bits per heavy atom. The van der Waals surface area contributed by atoms with E-state index in [-0.39, 0.29) is 18.0 Å². The summed E-state index contributed by atoms with van der Waals surface area (Å²) >= 11 is 6.00. The lowest BCUT2D eigenvalue weighted by atomic mass is 10.2. The first-order valence-electron chi connectivity index (χ1n) is 7.40. The van der Waals surface area contributed by atoms with Crippen LogP contribution in [0.25, 0.3) is 0 Å². The molecular formula is C16H22ClFN2O2. The van der Waals surface area contributed by atoms with E-state index in [0.717, 1.165) is 12.0 Å². The Bertz CT molecular complexity index is 545. The van der Waals surface area contributed by atoms with Gasteiger partial charge in [-0.15, -0.1) is 0 Å². The lowest BCUT2D eigenvalue weighted by molar-refractivity contribution is 0.0291. The van der Waals surface area contributed by atoms with Crippen LogP contribution in [0.5, 0.6) is 0 Å². The third kappa shape index (κ3) is 4.85. The van der Waals surface area contributed by atoms with Gasteiger partial charge in [-0.2, -0.15) is 0 Å². The van der Waals surface area contributed by atoms with Crippen molar-refractivity contribution >= 4 is 17.7 Å². The lowest BCUT2D eigenvalue weighted by Gasteiger charge is -2.24. The first kappa shape index (κ1) is 17.0. The molecule has 0 spiro atoms. The van der Waals surface area contributed by atoms with Gasteiger partial charge in [0.25, 0.3) is 0 Å². The minimum Gasteiger partial charge on any atom is -0.444 e. The molecule has 0 aliphatic carbocycles. The molecule has 1 heterocycles. The van der Waals surface area contributed by atoms with Crippen LogP contribution in [0.3, 0.4) is 0 Å². The monoisotopic (exact) mass is 328 g/mol. The molecule has 1 saturated heterocycles. The van der Waals surface area contributed by atoms with Crippen molar-refractivity contribution in [2.45, 2.75) is 45.4 Å². The molecule has 1 N–H and O–H groups in total. The van der Waals surface area contributed by atoms with Gasteiger partial charge in [-0.25, -0.2) is 9.18 Å². The molecule has 0 bridgehead atoms. The summed E-state index contributed by atoms with van der Waals surface area (Å²) < 4.78 is 18.4. The number of likely N-dealkylation sites (tertiary alicyclic amines) is 1. The highest BCUT2D eigenvalue weighted by Gasteiger charge is 2.29. The van der Waals surface area contributed by atoms with Gasteiger partial charge < -0.3 is 15.0 Å². The summed E-state index contributed by atoms with van der Waals surface area (Å²) in [4.78, 5) is 13.7. The van der Waals surface area contributed by atoms with Crippen LogP contribution in [0, 0.1) is 5.82 Å². The third-order valence-electron chi connectivity index (χ3n) is 3.44. The molecule has 4 nitrogen and oxygen atoms in total. The van der Waals surface area contributed by atoms with E-state index in [1.807, 2.05) is 20.8 Å². The molecule has 1 aromatic rings. The van der Waals surface area contributed by atoms with Crippen molar-refractivity contribution in [3.05, 3.63) is 34.6 Å². The van der Waals surface area contributed by atoms with E-state index in [1.54, 1.807) is 11.0 Å². The Hall–Kier alpha value is -1.33. The summed E-state index contributed by atoms with van der Waals surface area (Å²) in [6.07, 6.45) is 0.578. The topological polar surface area (TPSA) is 41.6 Å². The highest BCUT2D eigenvalue weighted by Crippen LogP contribution is 2.19. The number of benzene rings is 1. The molecule has 6 heteroatoms. The molecule has 122 valence electrons. The van der Waals surface area contributed by atoms with Gasteiger partial charge >= 0.3 is 6.09 Å². The first-order valence-corrected chi connectivity index (χ1v) is 7.77. The van der Waals surface area contributed by atoms with Crippen LogP contribution in [0.1, 0.15) is 32.8 Å². The molecule has 0 radical (unpaired) electrons. The standard InChI is InChI=1S/C16H22ClFN2O2/c1-16(2,3)22-15(21)20-7-6-13(10-20)19-9-11-4-5-12(18)8-14(11)17/h4-5,8,13,19H,6-7,9-10H2,1-3H3/t13-/m0/s1. The Balaban J connectivity index is 1.82. The zero-order chi connectivity index (χ0) is 16.3. The fraction of sp³-hybridized carbons (Fsp3) is 0.562. The second-order valence-electron chi connectivity index (χ2n) is 6.53. The van der Waals surface area contributed by atoms with E-state index >= 15 is 0 Å². The highest BCUT2D eigenvalue weighted by atomic mass is 35.5. The van der Waals surface area contributed by atoms with E-state index in [4.69, 9.17) is 16.3 Å². The molecule has 1 atom stereocenters. The second-order valence-corrected chi connectivity index (χ2v) is 6.94. The normalized spacial score (nSPS) is 18.6. The minimum atomic E-state index is -0.482. The van der Waals surface area contributed by atoms with Gasteiger partial charge in [0.2, 0.25) is 0 Å². The summed E-state index contributed by atoms with van der Waals surface area (Å²) in [6, 6.07) is 4.56. The number of ether oxygens (including phenoxy) is 1. The zero-order valence-corrected chi connectivity index (χ0v) is 13.9. The predicted octanol–water partition coefficient (Wildman–Crippen LogP) is 3.58. The minimum absolute atomic E-state index is 0.189. The molecule has 0 saturated carbocycles. The van der Waals surface area contributed by atoms with Crippen LogP contribution in [-0.2, 0) is 11.3 Å². The summed E-state index contributed by atoms with van der Waals surface area (Å²) in [5.41, 5.74) is 0.364. The SMILES string of the molecule is CC(C)(C)OC(=O)N1CC[C@H](NCc2ccc(F)cc2Cl)C1. The van der Waals surface area contributed by atoms with Crippen molar-refractivity contribution in [2.75, 3.05) is 13.1 Å². The van der Waals surface area contributed by atoms with E-state index < -0.39 is 5.60 Å². The Morgan fingerprint density at radius 2 is 2.23 bits per heavy atom. The van der Waals surface area contributed by atoms with Crippen LogP contribution in [-0.4, -0.2) is 35.7 Å². The number of nitrogens with zero attached hydrogens (tertiary/aromatic N) is 1. The Morgan fingerprint density at radius 3 is 2.86 bits per heavy atom. The number of carbonyl (C=O) groups is 1. The van der Waals surface area contributed by atoms with Crippen LogP contribution in [0.4, 0.5) is 9.18 Å². The predicted molar refractivity (Wildman–Crippen MR) is 84.5 cm³/mol. The van der Waals surface area contributed by atoms with Crippen LogP contribution in [0.15, 0.2) is 18.2 Å². The van der Waals surface area contributed by atoms with Crippen molar-refractivity contribution in [1.29, 1.82) is 0 Å². The van der Waals surface area contributed by atoms with Crippen molar-refractivity contribution in [1.82, 2.24) is 10.2 Å². The summed E-state index contributed by atoms with van der Waals surface area (Å²) in [6.45, 7) is 7.39. The van der Waals surface area contributed by atoms with Crippen LogP contribution in [0.2, 0.25) is 5.02 Å². The molecule has 1 aliphatic heterocycles. The molecule has 2 rings (SSSR count). The van der Waals surface area contributed by atoms with Gasteiger partial charge in [0, 0.05) is 30.7 Å². The van der Waals surface area contributed by atoms with Gasteiger partial charge in [-0.3, -0.25) is 0 Å². The fourth-order valence-electron chi connectivity index (χ4n) is 2.34. The maximum absolute atomic E-state index is 13.0. The van der Waals surface area contributed by atoms with Gasteiger partial charge in [0.1, 0.15) is 11.4 Å². The number of nitrogens with one attached hydrogen (secondary N) is 1. The summed E-state index contributed by atoms with van der Waals surface area (Å²) in [7, 11) is 0. The van der Waals surface area contributed by atoms with E-state index in [2.05, 4.69) is 5.32 Å². The van der Waals surface area contributed by atoms with Crippen molar-refractivity contribution < 1.29 is 13.9 Å². The van der Waals surface area contributed by atoms with Crippen molar-refractivity contribution in [2.24, 2.45) is 0 Å². The molecule has 22 heavy (non-hydrogen) atoms. The average Bonchev–Trinajstić information content (AvgIpc) is 2.84. The van der Waals surface area contributed by atoms with Crippen molar-refractivity contribution in [3.8, 4) is 0 Å². The van der Waals surface area contributed by atoms with E-state index in [1.165, 1.54) is 12.1 Å². The van der Waals surface area contributed by atoms with Crippen molar-refractivity contribution in [3.63, 3.8) is 0 Å². The third-order valence-corrected chi connectivity index (χ3v) is 3.79. The second kappa shape index (κ2) is 6.84. The van der Waals surface area contributed by atoms with Crippen LogP contribution >= 0.6 is 11.6 Å². The van der Waals surface area contributed by atoms with E-state index in [9.17, 15) is 9.18 Å². The van der Waals surface area contributed by atoms with Gasteiger partial charge in [0.15, 0.2) is 0 Å². The number of amides is 1. The molecule has 1 aliphatic rings. The maximum atomic E-state index is 13.0. The molecule has 1 fully saturated rings. The summed E-state index contributed by atoms with van der Waals surface area (Å²) in [5, 5.41) is 3.76. The van der Waals surface area contributed by atoms with Crippen LogP contribution < -0.4 is 5.32 Å². The highest BCUT2D eigenvalue weighted by molar-refractivity contribution is 6.31. The average molecular weight is 329 g/mol. The first-order chi connectivity index (χ1) is 10.2. The summed E-state index contributed by atoms with van der Waals surface area (Å²) in [5.74, 6) is -0.342. The number of hydrogen-bond acceptors (Lipinski definition) is 3. The van der Waals surface area contributed by atoms with Gasteiger partial charge in [-0.1, -0.05) is 17.7 Å². The fourth-order valence-corrected chi connectivity index (χ4v) is 2.57. The lowest BCUT2D eigenvalue weighted by Crippen LogP contribution is -2.38. The Kier molecular flexibility index (Phi) is 5.29. The van der Waals surface area contributed by atoms with E-state index in [0.29, 0.717) is 24.7 Å². The number of hydrogen-bond donors (Lipinski definition) is 1. The molecular weight excluding hydrogens is 307 g/mol. The quantitative estimate of drug-likeness (QED) is 0.922. The van der Waals surface area contributed by atoms with Gasteiger partial charge in [-0.05, 0) is 44.9 Å². The maximum Gasteiger partial charge on any atom is 0.410 e. The smallest absolute Gasteiger partial charge is 0.410 e. The number of carbonyl (C=O) groups excluding carboxylic acids is 1. The molecule has 1 aromatic carbocycles. The largest absolute Gasteiger partial charge is 0.444 e. The number of rotatable bonds is 3. The molecule has 0 unspecified atom stereocenters. The number of halogens is 2. The molecule has 1 amide bonds.